The molecule has 0 unspecified atom stereocenters. The molecule has 0 amide bonds. The Labute approximate surface area is 162 Å². The maximum Gasteiger partial charge on any atom is 0.188 e. The Balaban J connectivity index is 0.00000288. The number of unbranched alkanes of at least 4 members (excludes halogenated alkanes) is 5. The molecule has 3 N–H and O–H groups in total. The van der Waals surface area contributed by atoms with Gasteiger partial charge in [-0.2, -0.15) is 0 Å². The highest BCUT2D eigenvalue weighted by Gasteiger charge is 2.02. The van der Waals surface area contributed by atoms with Gasteiger partial charge in [0, 0.05) is 18.4 Å². The summed E-state index contributed by atoms with van der Waals surface area (Å²) in [6, 6.07) is 6.08. The van der Waals surface area contributed by atoms with Gasteiger partial charge in [-0.15, -0.1) is 24.0 Å². The Hall–Kier alpha value is -1.31. The average Bonchev–Trinajstić information content (AvgIpc) is 2.97. The van der Waals surface area contributed by atoms with Gasteiger partial charge in [0.25, 0.3) is 0 Å². The number of rotatable bonds is 9. The third-order valence-corrected chi connectivity index (χ3v) is 3.99. The van der Waals surface area contributed by atoms with Crippen molar-refractivity contribution in [2.45, 2.75) is 58.9 Å². The summed E-state index contributed by atoms with van der Waals surface area (Å²) in [4.78, 5) is 8.93. The van der Waals surface area contributed by atoms with Crippen molar-refractivity contribution in [1.29, 1.82) is 0 Å². The number of nitrogens with two attached hydrogens (primary N) is 1. The number of nitrogens with zero attached hydrogens (tertiary/aromatic N) is 3. The van der Waals surface area contributed by atoms with Gasteiger partial charge in [0.05, 0.1) is 12.2 Å². The fraction of sp³-hybridized carbons (Fsp3) is 0.556. The van der Waals surface area contributed by atoms with Gasteiger partial charge in [-0.05, 0) is 25.5 Å². The van der Waals surface area contributed by atoms with Crippen LogP contribution in [0.5, 0.6) is 0 Å². The number of fused-ring (bicyclic) bond motifs is 1. The molecule has 2 heterocycles. The molecule has 0 bridgehead atoms. The van der Waals surface area contributed by atoms with Crippen LogP contribution in [0, 0.1) is 6.92 Å². The lowest BCUT2D eigenvalue weighted by molar-refractivity contribution is 0.601. The highest BCUT2D eigenvalue weighted by atomic mass is 127. The summed E-state index contributed by atoms with van der Waals surface area (Å²) >= 11 is 0. The Morgan fingerprint density at radius 2 is 1.96 bits per heavy atom. The number of aliphatic imine (C=N–C) groups is 1. The molecule has 0 aliphatic carbocycles. The van der Waals surface area contributed by atoms with Crippen LogP contribution in [0.4, 0.5) is 0 Å². The van der Waals surface area contributed by atoms with Gasteiger partial charge in [-0.25, -0.2) is 9.98 Å². The predicted octanol–water partition coefficient (Wildman–Crippen LogP) is 4.03. The first-order valence-electron chi connectivity index (χ1n) is 8.68. The fourth-order valence-electron chi connectivity index (χ4n) is 2.62. The number of halogens is 1. The minimum atomic E-state index is 0. The van der Waals surface area contributed by atoms with Gasteiger partial charge >= 0.3 is 0 Å². The Bertz CT molecular complexity index is 635. The van der Waals surface area contributed by atoms with E-state index < -0.39 is 0 Å². The standard InChI is InChI=1S/C18H29N5.HI/c1-3-4-5-6-7-8-12-20-18(19)21-13-16-14-23-15(2)10-9-11-17(23)22-16;/h9-11,14H,3-8,12-13H2,1-2H3,(H3,19,20,21);1H. The van der Waals surface area contributed by atoms with Crippen LogP contribution in [0.1, 0.15) is 56.8 Å². The summed E-state index contributed by atoms with van der Waals surface area (Å²) < 4.78 is 2.07. The summed E-state index contributed by atoms with van der Waals surface area (Å²) in [5.74, 6) is 0.507. The van der Waals surface area contributed by atoms with E-state index in [1.54, 1.807) is 0 Å². The van der Waals surface area contributed by atoms with Crippen LogP contribution in [-0.2, 0) is 6.54 Å². The molecular formula is C18H30IN5. The molecular weight excluding hydrogens is 413 g/mol. The van der Waals surface area contributed by atoms with Crippen molar-refractivity contribution in [3.05, 3.63) is 35.8 Å². The topological polar surface area (TPSA) is 67.7 Å². The van der Waals surface area contributed by atoms with Crippen LogP contribution in [0.25, 0.3) is 5.65 Å². The molecule has 134 valence electrons. The second-order valence-corrected chi connectivity index (χ2v) is 6.02. The molecule has 5 nitrogen and oxygen atoms in total. The average molecular weight is 443 g/mol. The molecule has 0 atom stereocenters. The summed E-state index contributed by atoms with van der Waals surface area (Å²) in [6.07, 6.45) is 9.71. The van der Waals surface area contributed by atoms with Gasteiger partial charge in [0.2, 0.25) is 0 Å². The van der Waals surface area contributed by atoms with E-state index in [0.717, 1.165) is 24.3 Å². The summed E-state index contributed by atoms with van der Waals surface area (Å²) in [5.41, 5.74) is 8.97. The predicted molar refractivity (Wildman–Crippen MR) is 112 cm³/mol. The van der Waals surface area contributed by atoms with E-state index in [4.69, 9.17) is 5.73 Å². The van der Waals surface area contributed by atoms with E-state index in [1.807, 2.05) is 18.3 Å². The molecule has 2 rings (SSSR count). The smallest absolute Gasteiger partial charge is 0.188 e. The maximum atomic E-state index is 5.91. The van der Waals surface area contributed by atoms with E-state index in [1.165, 1.54) is 37.8 Å². The van der Waals surface area contributed by atoms with E-state index in [-0.39, 0.29) is 24.0 Å². The molecule has 2 aromatic rings. The van der Waals surface area contributed by atoms with Gasteiger partial charge in [0.15, 0.2) is 5.96 Å². The molecule has 0 saturated carbocycles. The van der Waals surface area contributed by atoms with Crippen LogP contribution >= 0.6 is 24.0 Å². The molecule has 0 aliphatic rings. The molecule has 0 radical (unpaired) electrons. The van der Waals surface area contributed by atoms with Gasteiger partial charge < -0.3 is 15.5 Å². The second-order valence-electron chi connectivity index (χ2n) is 6.02. The van der Waals surface area contributed by atoms with Crippen molar-refractivity contribution in [1.82, 2.24) is 14.7 Å². The monoisotopic (exact) mass is 443 g/mol. The molecule has 0 aliphatic heterocycles. The molecule has 6 heteroatoms. The molecule has 24 heavy (non-hydrogen) atoms. The fourth-order valence-corrected chi connectivity index (χ4v) is 2.62. The first-order valence-corrected chi connectivity index (χ1v) is 8.68. The lowest BCUT2D eigenvalue weighted by atomic mass is 10.1. The molecule has 2 aromatic heterocycles. The van der Waals surface area contributed by atoms with Crippen LogP contribution < -0.4 is 11.1 Å². The lowest BCUT2D eigenvalue weighted by Gasteiger charge is -2.05. The van der Waals surface area contributed by atoms with Gasteiger partial charge in [-0.1, -0.05) is 45.1 Å². The number of imidazole rings is 1. The zero-order chi connectivity index (χ0) is 16.5. The number of pyridine rings is 1. The Morgan fingerprint density at radius 3 is 2.71 bits per heavy atom. The quantitative estimate of drug-likeness (QED) is 0.266. The van der Waals surface area contributed by atoms with Crippen LogP contribution in [0.2, 0.25) is 0 Å². The van der Waals surface area contributed by atoms with E-state index in [9.17, 15) is 0 Å². The number of aromatic nitrogens is 2. The number of nitrogens with one attached hydrogen (secondary N) is 1. The molecule has 0 fully saturated rings. The summed E-state index contributed by atoms with van der Waals surface area (Å²) in [5, 5.41) is 3.18. The van der Waals surface area contributed by atoms with Crippen molar-refractivity contribution in [3.63, 3.8) is 0 Å². The number of hydrogen-bond donors (Lipinski definition) is 2. The van der Waals surface area contributed by atoms with Gasteiger partial charge in [0.1, 0.15) is 5.65 Å². The number of aryl methyl sites for hydroxylation is 1. The van der Waals surface area contributed by atoms with Gasteiger partial charge in [-0.3, -0.25) is 0 Å². The molecule has 0 spiro atoms. The highest BCUT2D eigenvalue weighted by molar-refractivity contribution is 14.0. The van der Waals surface area contributed by atoms with Crippen molar-refractivity contribution < 1.29 is 0 Å². The first kappa shape index (κ1) is 20.7. The second kappa shape index (κ2) is 11.3. The zero-order valence-corrected chi connectivity index (χ0v) is 17.1. The van der Waals surface area contributed by atoms with E-state index in [0.29, 0.717) is 12.5 Å². The number of guanidine groups is 1. The highest BCUT2D eigenvalue weighted by Crippen LogP contribution is 2.09. The molecule has 0 aromatic carbocycles. The minimum Gasteiger partial charge on any atom is -0.370 e. The van der Waals surface area contributed by atoms with Crippen molar-refractivity contribution in [2.24, 2.45) is 10.7 Å². The number of hydrogen-bond acceptors (Lipinski definition) is 2. The van der Waals surface area contributed by atoms with E-state index >= 15 is 0 Å². The summed E-state index contributed by atoms with van der Waals surface area (Å²) in [6.45, 7) is 5.71. The van der Waals surface area contributed by atoms with Crippen molar-refractivity contribution >= 4 is 35.6 Å². The Kier molecular flexibility index (Phi) is 9.75. The van der Waals surface area contributed by atoms with Crippen LogP contribution in [-0.4, -0.2) is 21.9 Å². The van der Waals surface area contributed by atoms with Crippen LogP contribution in [0.3, 0.4) is 0 Å². The zero-order valence-electron chi connectivity index (χ0n) is 14.8. The third kappa shape index (κ3) is 6.67. The first-order chi connectivity index (χ1) is 11.2. The normalized spacial score (nSPS) is 11.5. The third-order valence-electron chi connectivity index (χ3n) is 3.99. The van der Waals surface area contributed by atoms with Crippen molar-refractivity contribution in [2.75, 3.05) is 6.54 Å². The Morgan fingerprint density at radius 1 is 1.21 bits per heavy atom. The maximum absolute atomic E-state index is 5.91. The largest absolute Gasteiger partial charge is 0.370 e. The lowest BCUT2D eigenvalue weighted by Crippen LogP contribution is -2.32. The molecule has 0 saturated heterocycles. The van der Waals surface area contributed by atoms with Crippen molar-refractivity contribution in [3.8, 4) is 0 Å². The minimum absolute atomic E-state index is 0. The van der Waals surface area contributed by atoms with Crippen LogP contribution in [0.15, 0.2) is 29.4 Å². The summed E-state index contributed by atoms with van der Waals surface area (Å²) in [7, 11) is 0. The SMILES string of the molecule is CCCCCCCCNC(N)=NCc1cn2c(C)cccc2n1.I. The van der Waals surface area contributed by atoms with E-state index in [2.05, 4.69) is 39.6 Å².